The molecule has 7 nitrogen and oxygen atoms in total. The fourth-order valence-corrected chi connectivity index (χ4v) is 5.52. The molecule has 1 aromatic heterocycles. The Bertz CT molecular complexity index is 820. The molecule has 0 radical (unpaired) electrons. The Hall–Kier alpha value is -1.67. The maximum atomic E-state index is 12.5. The van der Waals surface area contributed by atoms with Gasteiger partial charge in [0, 0.05) is 19.3 Å². The Labute approximate surface area is 160 Å². The highest BCUT2D eigenvalue weighted by Crippen LogP contribution is 2.39. The largest absolute Gasteiger partial charge is 0.441 e. The SMILES string of the molecule is CS(=O)(=O)N1CCC[C@@H](c2ccnc(N3CC4(CCCCC4)OC3=O)c2)C1. The Morgan fingerprint density at radius 2 is 2.00 bits per heavy atom. The second kappa shape index (κ2) is 7.05. The molecule has 2 saturated heterocycles. The number of carbonyl (C=O) groups is 1. The van der Waals surface area contributed by atoms with Crippen molar-refractivity contribution in [2.75, 3.05) is 30.8 Å². The third-order valence-electron chi connectivity index (χ3n) is 6.11. The summed E-state index contributed by atoms with van der Waals surface area (Å²) in [4.78, 5) is 18.5. The first kappa shape index (κ1) is 18.7. The predicted molar refractivity (Wildman–Crippen MR) is 102 cm³/mol. The monoisotopic (exact) mass is 393 g/mol. The van der Waals surface area contributed by atoms with Crippen molar-refractivity contribution >= 4 is 21.9 Å². The first-order chi connectivity index (χ1) is 12.9. The Morgan fingerprint density at radius 3 is 2.74 bits per heavy atom. The van der Waals surface area contributed by atoms with E-state index in [0.717, 1.165) is 44.1 Å². The zero-order valence-electron chi connectivity index (χ0n) is 15.8. The number of hydrogen-bond acceptors (Lipinski definition) is 5. The van der Waals surface area contributed by atoms with Crippen LogP contribution in [0.4, 0.5) is 10.6 Å². The molecule has 1 spiro atoms. The van der Waals surface area contributed by atoms with Crippen LogP contribution in [0.3, 0.4) is 0 Å². The fraction of sp³-hybridized carbons (Fsp3) is 0.684. The van der Waals surface area contributed by atoms with Crippen LogP contribution in [0.1, 0.15) is 56.4 Å². The standard InChI is InChI=1S/C19H27N3O4S/c1-27(24,25)21-11-5-6-16(13-21)15-7-10-20-17(12-15)22-14-19(26-18(22)23)8-3-2-4-9-19/h7,10,12,16H,2-6,8-9,11,13-14H2,1H3/t16-/m1/s1. The summed E-state index contributed by atoms with van der Waals surface area (Å²) in [6.07, 6.45) is 9.65. The third kappa shape index (κ3) is 3.82. The molecule has 1 saturated carbocycles. The number of anilines is 1. The molecule has 4 rings (SSSR count). The average molecular weight is 394 g/mol. The first-order valence-electron chi connectivity index (χ1n) is 9.78. The van der Waals surface area contributed by atoms with Gasteiger partial charge in [0.2, 0.25) is 10.0 Å². The van der Waals surface area contributed by atoms with E-state index in [1.54, 1.807) is 15.4 Å². The van der Waals surface area contributed by atoms with E-state index in [1.165, 1.54) is 12.7 Å². The average Bonchev–Trinajstić information content (AvgIpc) is 2.97. The summed E-state index contributed by atoms with van der Waals surface area (Å²) in [5, 5.41) is 0. The van der Waals surface area contributed by atoms with Crippen molar-refractivity contribution in [3.05, 3.63) is 23.9 Å². The van der Waals surface area contributed by atoms with Crippen LogP contribution in [-0.2, 0) is 14.8 Å². The number of pyridine rings is 1. The van der Waals surface area contributed by atoms with Crippen LogP contribution in [0.5, 0.6) is 0 Å². The summed E-state index contributed by atoms with van der Waals surface area (Å²) >= 11 is 0. The van der Waals surface area contributed by atoms with Gasteiger partial charge in [0.25, 0.3) is 0 Å². The molecule has 1 aliphatic carbocycles. The molecule has 0 aromatic carbocycles. The van der Waals surface area contributed by atoms with Crippen LogP contribution in [0, 0.1) is 0 Å². The lowest BCUT2D eigenvalue weighted by Crippen LogP contribution is -2.38. The first-order valence-corrected chi connectivity index (χ1v) is 11.6. The number of carbonyl (C=O) groups excluding carboxylic acids is 1. The lowest BCUT2D eigenvalue weighted by Gasteiger charge is -2.31. The maximum absolute atomic E-state index is 12.5. The summed E-state index contributed by atoms with van der Waals surface area (Å²) in [7, 11) is -3.19. The number of amides is 1. The van der Waals surface area contributed by atoms with Gasteiger partial charge in [-0.1, -0.05) is 6.42 Å². The number of aromatic nitrogens is 1. The minimum absolute atomic E-state index is 0.123. The van der Waals surface area contributed by atoms with Crippen LogP contribution >= 0.6 is 0 Å². The van der Waals surface area contributed by atoms with E-state index in [4.69, 9.17) is 4.74 Å². The van der Waals surface area contributed by atoms with Gasteiger partial charge in [-0.3, -0.25) is 4.90 Å². The number of hydrogen-bond donors (Lipinski definition) is 0. The molecular formula is C19H27N3O4S. The molecule has 148 valence electrons. The number of rotatable bonds is 3. The van der Waals surface area contributed by atoms with Crippen molar-refractivity contribution in [1.82, 2.24) is 9.29 Å². The van der Waals surface area contributed by atoms with Gasteiger partial charge in [0.1, 0.15) is 11.4 Å². The van der Waals surface area contributed by atoms with Crippen molar-refractivity contribution in [2.45, 2.75) is 56.5 Å². The molecule has 3 aliphatic rings. The summed E-state index contributed by atoms with van der Waals surface area (Å²) in [5.74, 6) is 0.730. The fourth-order valence-electron chi connectivity index (χ4n) is 4.61. The maximum Gasteiger partial charge on any atom is 0.416 e. The van der Waals surface area contributed by atoms with Crippen molar-refractivity contribution in [1.29, 1.82) is 0 Å². The molecule has 0 N–H and O–H groups in total. The number of sulfonamides is 1. The second-order valence-electron chi connectivity index (χ2n) is 8.11. The normalized spacial score (nSPS) is 26.3. The smallest absolute Gasteiger partial charge is 0.416 e. The Morgan fingerprint density at radius 1 is 1.22 bits per heavy atom. The second-order valence-corrected chi connectivity index (χ2v) is 10.1. The summed E-state index contributed by atoms with van der Waals surface area (Å²) in [6.45, 7) is 1.62. The lowest BCUT2D eigenvalue weighted by atomic mass is 9.85. The quantitative estimate of drug-likeness (QED) is 0.789. The highest BCUT2D eigenvalue weighted by molar-refractivity contribution is 7.88. The van der Waals surface area contributed by atoms with Crippen molar-refractivity contribution in [2.24, 2.45) is 0 Å². The minimum atomic E-state index is -3.19. The van der Waals surface area contributed by atoms with E-state index in [1.807, 2.05) is 12.1 Å². The highest BCUT2D eigenvalue weighted by atomic mass is 32.2. The van der Waals surface area contributed by atoms with Crippen molar-refractivity contribution in [3.63, 3.8) is 0 Å². The molecule has 3 fully saturated rings. The zero-order valence-corrected chi connectivity index (χ0v) is 16.6. The molecule has 0 bridgehead atoms. The number of ether oxygens (including phenoxy) is 1. The van der Waals surface area contributed by atoms with E-state index in [9.17, 15) is 13.2 Å². The van der Waals surface area contributed by atoms with Crippen LogP contribution in [-0.4, -0.2) is 55.3 Å². The molecule has 1 aromatic rings. The molecule has 1 amide bonds. The molecule has 0 unspecified atom stereocenters. The van der Waals surface area contributed by atoms with Crippen molar-refractivity contribution < 1.29 is 17.9 Å². The molecule has 8 heteroatoms. The molecule has 27 heavy (non-hydrogen) atoms. The van der Waals surface area contributed by atoms with E-state index < -0.39 is 10.0 Å². The van der Waals surface area contributed by atoms with Gasteiger partial charge in [0.15, 0.2) is 0 Å². The van der Waals surface area contributed by atoms with Gasteiger partial charge in [0.05, 0.1) is 12.8 Å². The van der Waals surface area contributed by atoms with Crippen molar-refractivity contribution in [3.8, 4) is 0 Å². The van der Waals surface area contributed by atoms with Crippen LogP contribution in [0.2, 0.25) is 0 Å². The van der Waals surface area contributed by atoms with Crippen LogP contribution in [0.15, 0.2) is 18.3 Å². The van der Waals surface area contributed by atoms with Gasteiger partial charge in [-0.2, -0.15) is 0 Å². The van der Waals surface area contributed by atoms with Gasteiger partial charge >= 0.3 is 6.09 Å². The highest BCUT2D eigenvalue weighted by Gasteiger charge is 2.46. The van der Waals surface area contributed by atoms with E-state index in [-0.39, 0.29) is 17.6 Å². The van der Waals surface area contributed by atoms with Crippen LogP contribution in [0.25, 0.3) is 0 Å². The number of piperidine rings is 1. The summed E-state index contributed by atoms with van der Waals surface area (Å²) in [5.41, 5.74) is 0.677. The number of nitrogens with zero attached hydrogens (tertiary/aromatic N) is 3. The molecule has 2 aliphatic heterocycles. The van der Waals surface area contributed by atoms with Crippen LogP contribution < -0.4 is 4.90 Å². The Balaban J connectivity index is 1.53. The molecule has 3 heterocycles. The van der Waals surface area contributed by atoms with E-state index in [0.29, 0.717) is 25.5 Å². The Kier molecular flexibility index (Phi) is 4.88. The minimum Gasteiger partial charge on any atom is -0.441 e. The lowest BCUT2D eigenvalue weighted by molar-refractivity contribution is 0.0260. The van der Waals surface area contributed by atoms with Gasteiger partial charge in [-0.05, 0) is 62.1 Å². The topological polar surface area (TPSA) is 79.8 Å². The summed E-state index contributed by atoms with van der Waals surface area (Å²) < 4.78 is 31.1. The van der Waals surface area contributed by atoms with E-state index >= 15 is 0 Å². The molecule has 1 atom stereocenters. The van der Waals surface area contributed by atoms with Gasteiger partial charge < -0.3 is 4.74 Å². The van der Waals surface area contributed by atoms with Gasteiger partial charge in [-0.15, -0.1) is 0 Å². The van der Waals surface area contributed by atoms with Gasteiger partial charge in [-0.25, -0.2) is 22.5 Å². The third-order valence-corrected chi connectivity index (χ3v) is 7.38. The zero-order chi connectivity index (χ0) is 19.1. The summed E-state index contributed by atoms with van der Waals surface area (Å²) in [6, 6.07) is 3.86. The van der Waals surface area contributed by atoms with E-state index in [2.05, 4.69) is 4.98 Å². The predicted octanol–water partition coefficient (Wildman–Crippen LogP) is 2.88. The molecular weight excluding hydrogens is 366 g/mol.